The molecule has 0 amide bonds. The lowest BCUT2D eigenvalue weighted by molar-refractivity contribution is 0.0624. The van der Waals surface area contributed by atoms with Crippen molar-refractivity contribution in [2.24, 2.45) is 10.1 Å². The summed E-state index contributed by atoms with van der Waals surface area (Å²) in [4.78, 5) is 18.4. The second-order valence-corrected chi connectivity index (χ2v) is 9.70. The van der Waals surface area contributed by atoms with Crippen molar-refractivity contribution in [1.82, 2.24) is 30.6 Å². The van der Waals surface area contributed by atoms with E-state index in [4.69, 9.17) is 19.1 Å². The Hall–Kier alpha value is -5.51. The topological polar surface area (TPSA) is 124 Å². The summed E-state index contributed by atoms with van der Waals surface area (Å²) in [5.41, 5.74) is 7.39. The molecule has 41 heavy (non-hydrogen) atoms. The average Bonchev–Trinajstić information content (AvgIpc) is 3.71. The predicted molar refractivity (Wildman–Crippen MR) is 153 cm³/mol. The van der Waals surface area contributed by atoms with Gasteiger partial charge >= 0.3 is 0 Å². The summed E-state index contributed by atoms with van der Waals surface area (Å²) >= 11 is 0. The molecule has 0 saturated carbocycles. The Morgan fingerprint density at radius 2 is 1.63 bits per heavy atom. The van der Waals surface area contributed by atoms with Gasteiger partial charge in [0.25, 0.3) is 5.89 Å². The van der Waals surface area contributed by atoms with Gasteiger partial charge in [-0.05, 0) is 67.1 Å². The van der Waals surface area contributed by atoms with Crippen molar-refractivity contribution in [1.29, 1.82) is 0 Å². The normalized spacial score (nSPS) is 19.7. The van der Waals surface area contributed by atoms with Crippen molar-refractivity contribution >= 4 is 11.6 Å². The molecule has 6 heterocycles. The van der Waals surface area contributed by atoms with Crippen molar-refractivity contribution < 1.29 is 9.15 Å². The van der Waals surface area contributed by atoms with Crippen molar-refractivity contribution in [3.63, 3.8) is 0 Å². The number of pyridine rings is 3. The molecule has 2 aliphatic heterocycles. The van der Waals surface area contributed by atoms with Gasteiger partial charge in [-0.3, -0.25) is 20.4 Å². The SMILES string of the molecule is CC1(c2cccc(-c3ccccn3)n2)NN=C(c2cccc(-c3nnc(C4=NC(c5ccccn5)CC=C4)o3)c2)O1. The van der Waals surface area contributed by atoms with Crippen LogP contribution in [0.2, 0.25) is 0 Å². The highest BCUT2D eigenvalue weighted by Crippen LogP contribution is 2.30. The minimum atomic E-state index is -0.955. The Bertz CT molecular complexity index is 1800. The molecule has 0 radical (unpaired) electrons. The van der Waals surface area contributed by atoms with E-state index in [-0.39, 0.29) is 6.04 Å². The van der Waals surface area contributed by atoms with E-state index in [0.29, 0.717) is 29.1 Å². The Kier molecular flexibility index (Phi) is 6.12. The van der Waals surface area contributed by atoms with Crippen LogP contribution < -0.4 is 5.43 Å². The molecule has 10 nitrogen and oxygen atoms in total. The van der Waals surface area contributed by atoms with Crippen LogP contribution in [0.1, 0.15) is 42.2 Å². The number of aromatic nitrogens is 5. The molecule has 200 valence electrons. The van der Waals surface area contributed by atoms with Crippen molar-refractivity contribution in [2.75, 3.05) is 0 Å². The van der Waals surface area contributed by atoms with E-state index < -0.39 is 5.72 Å². The van der Waals surface area contributed by atoms with E-state index in [1.807, 2.05) is 97.9 Å². The third-order valence-electron chi connectivity index (χ3n) is 6.80. The monoisotopic (exact) mass is 540 g/mol. The third kappa shape index (κ3) is 4.87. The predicted octanol–water partition coefficient (Wildman–Crippen LogP) is 5.23. The molecule has 2 aliphatic rings. The van der Waals surface area contributed by atoms with Crippen molar-refractivity contribution in [3.8, 4) is 22.8 Å². The smallest absolute Gasteiger partial charge is 0.266 e. The zero-order valence-electron chi connectivity index (χ0n) is 22.0. The van der Waals surface area contributed by atoms with Gasteiger partial charge in [-0.15, -0.1) is 15.3 Å². The average molecular weight is 541 g/mol. The van der Waals surface area contributed by atoms with Crippen LogP contribution in [0.4, 0.5) is 0 Å². The number of hydrogen-bond acceptors (Lipinski definition) is 10. The van der Waals surface area contributed by atoms with E-state index in [0.717, 1.165) is 34.6 Å². The summed E-state index contributed by atoms with van der Waals surface area (Å²) in [6, 6.07) is 24.8. The number of aliphatic imine (C=N–C) groups is 1. The number of allylic oxidation sites excluding steroid dienone is 1. The standard InChI is InChI=1S/C31H24N8O2/c1-31(27-16-8-14-25(35-27)23-12-3-5-18-33-23)39-38-29(41-31)21-10-6-9-20(19-21)28-36-37-30(40-28)26-15-7-13-24(34-26)22-11-2-4-17-32-22/h2-12,14-19,24,39H,13H2,1H3. The molecule has 0 saturated heterocycles. The number of nitrogens with one attached hydrogen (secondary N) is 1. The minimum Gasteiger partial charge on any atom is -0.442 e. The van der Waals surface area contributed by atoms with Crippen LogP contribution in [0, 0.1) is 0 Å². The van der Waals surface area contributed by atoms with E-state index in [2.05, 4.69) is 30.7 Å². The van der Waals surface area contributed by atoms with Gasteiger partial charge in [-0.1, -0.05) is 30.3 Å². The number of rotatable bonds is 6. The van der Waals surface area contributed by atoms with E-state index in [9.17, 15) is 0 Å². The number of dihydropyridines is 1. The van der Waals surface area contributed by atoms with Crippen LogP contribution in [0.3, 0.4) is 0 Å². The first-order valence-corrected chi connectivity index (χ1v) is 13.2. The summed E-state index contributed by atoms with van der Waals surface area (Å²) in [5, 5.41) is 13.0. The largest absolute Gasteiger partial charge is 0.442 e. The summed E-state index contributed by atoms with van der Waals surface area (Å²) in [5.74, 6) is 1.15. The van der Waals surface area contributed by atoms with Crippen LogP contribution >= 0.6 is 0 Å². The maximum Gasteiger partial charge on any atom is 0.266 e. The van der Waals surface area contributed by atoms with Gasteiger partial charge in [0, 0.05) is 30.4 Å². The molecule has 1 aromatic carbocycles. The molecule has 2 unspecified atom stereocenters. The lowest BCUT2D eigenvalue weighted by atomic mass is 10.1. The molecule has 1 N–H and O–H groups in total. The Morgan fingerprint density at radius 3 is 2.49 bits per heavy atom. The summed E-state index contributed by atoms with van der Waals surface area (Å²) in [6.45, 7) is 1.89. The number of hydrogen-bond donors (Lipinski definition) is 1. The van der Waals surface area contributed by atoms with Gasteiger partial charge in [-0.2, -0.15) is 0 Å². The highest BCUT2D eigenvalue weighted by atomic mass is 16.5. The van der Waals surface area contributed by atoms with Crippen LogP contribution in [0.25, 0.3) is 22.8 Å². The molecule has 0 spiro atoms. The number of benzene rings is 1. The first kappa shape index (κ1) is 24.5. The zero-order valence-corrected chi connectivity index (χ0v) is 22.0. The summed E-state index contributed by atoms with van der Waals surface area (Å²) in [7, 11) is 0. The van der Waals surface area contributed by atoms with Gasteiger partial charge in [-0.25, -0.2) is 4.98 Å². The van der Waals surface area contributed by atoms with Crippen molar-refractivity contribution in [2.45, 2.75) is 25.1 Å². The number of ether oxygens (including phenoxy) is 1. The lowest BCUT2D eigenvalue weighted by Gasteiger charge is -2.23. The van der Waals surface area contributed by atoms with Crippen LogP contribution in [0.15, 0.2) is 118 Å². The molecule has 0 aliphatic carbocycles. The minimum absolute atomic E-state index is 0.0895. The maximum absolute atomic E-state index is 6.31. The van der Waals surface area contributed by atoms with Gasteiger partial charge < -0.3 is 9.15 Å². The molecule has 2 atom stereocenters. The second kappa shape index (κ2) is 10.2. The molecule has 0 bridgehead atoms. The Labute approximate surface area is 235 Å². The highest BCUT2D eigenvalue weighted by molar-refractivity contribution is 6.06. The summed E-state index contributed by atoms with van der Waals surface area (Å²) in [6.07, 6.45) is 8.23. The second-order valence-electron chi connectivity index (χ2n) is 9.70. The van der Waals surface area contributed by atoms with Crippen LogP contribution in [0.5, 0.6) is 0 Å². The Balaban J connectivity index is 1.10. The Morgan fingerprint density at radius 1 is 0.829 bits per heavy atom. The van der Waals surface area contributed by atoms with Gasteiger partial charge in [0.05, 0.1) is 23.1 Å². The fourth-order valence-corrected chi connectivity index (χ4v) is 4.67. The van der Waals surface area contributed by atoms with Crippen molar-refractivity contribution in [3.05, 3.63) is 126 Å². The summed E-state index contributed by atoms with van der Waals surface area (Å²) < 4.78 is 12.4. The zero-order chi connectivity index (χ0) is 27.6. The number of nitrogens with zero attached hydrogens (tertiary/aromatic N) is 7. The van der Waals surface area contributed by atoms with Gasteiger partial charge in [0.1, 0.15) is 11.4 Å². The fraction of sp³-hybridized carbons (Fsp3) is 0.129. The first-order chi connectivity index (χ1) is 20.1. The lowest BCUT2D eigenvalue weighted by Crippen LogP contribution is -2.35. The van der Waals surface area contributed by atoms with Gasteiger partial charge in [0.2, 0.25) is 17.5 Å². The molecule has 5 aromatic rings. The molecular weight excluding hydrogens is 516 g/mol. The molecular formula is C31H24N8O2. The molecule has 7 rings (SSSR count). The fourth-order valence-electron chi connectivity index (χ4n) is 4.67. The third-order valence-corrected chi connectivity index (χ3v) is 6.80. The van der Waals surface area contributed by atoms with E-state index in [1.165, 1.54) is 0 Å². The van der Waals surface area contributed by atoms with Crippen LogP contribution in [-0.2, 0) is 10.5 Å². The van der Waals surface area contributed by atoms with Gasteiger partial charge in [0.15, 0.2) is 0 Å². The maximum atomic E-state index is 6.31. The molecule has 4 aromatic heterocycles. The van der Waals surface area contributed by atoms with E-state index in [1.54, 1.807) is 12.4 Å². The highest BCUT2D eigenvalue weighted by Gasteiger charge is 2.37. The molecule has 10 heteroatoms. The van der Waals surface area contributed by atoms with E-state index >= 15 is 0 Å². The number of hydrazone groups is 1. The quantitative estimate of drug-likeness (QED) is 0.310. The molecule has 0 fully saturated rings. The van der Waals surface area contributed by atoms with Crippen LogP contribution in [-0.4, -0.2) is 36.8 Å². The first-order valence-electron chi connectivity index (χ1n) is 13.2.